The van der Waals surface area contributed by atoms with Gasteiger partial charge in [0.2, 0.25) is 0 Å². The molecule has 2 aromatic rings. The first kappa shape index (κ1) is 13.8. The minimum absolute atomic E-state index is 0.180. The van der Waals surface area contributed by atoms with Gasteiger partial charge in [0, 0.05) is 34.2 Å². The summed E-state index contributed by atoms with van der Waals surface area (Å²) in [6, 6.07) is 6.93. The molecule has 2 rings (SSSR count). The van der Waals surface area contributed by atoms with Gasteiger partial charge in [-0.25, -0.2) is 0 Å². The molecule has 0 atom stereocenters. The van der Waals surface area contributed by atoms with Crippen LogP contribution in [0.3, 0.4) is 0 Å². The number of ether oxygens (including phenoxy) is 2. The van der Waals surface area contributed by atoms with E-state index in [1.165, 1.54) is 11.3 Å². The Kier molecular flexibility index (Phi) is 4.34. The number of nitrogens with one attached hydrogen (secondary N) is 1. The number of amides is 1. The summed E-state index contributed by atoms with van der Waals surface area (Å²) in [4.78, 5) is 13.4. The van der Waals surface area contributed by atoms with E-state index < -0.39 is 0 Å². The molecule has 0 saturated carbocycles. The van der Waals surface area contributed by atoms with E-state index in [-0.39, 0.29) is 5.91 Å². The average Bonchev–Trinajstić information content (AvgIpc) is 2.85. The Hall–Kier alpha value is -1.66. The van der Waals surface area contributed by atoms with Crippen LogP contribution in [0.15, 0.2) is 34.5 Å². The fourth-order valence-electron chi connectivity index (χ4n) is 1.52. The van der Waals surface area contributed by atoms with Gasteiger partial charge in [-0.15, -0.1) is 24.0 Å². The van der Waals surface area contributed by atoms with Crippen molar-refractivity contribution in [3.63, 3.8) is 0 Å². The first-order chi connectivity index (χ1) is 9.12. The molecule has 0 spiro atoms. The van der Waals surface area contributed by atoms with Crippen molar-refractivity contribution in [2.24, 2.45) is 0 Å². The highest BCUT2D eigenvalue weighted by molar-refractivity contribution is 7.80. The Bertz CT molecular complexity index is 573. The van der Waals surface area contributed by atoms with Gasteiger partial charge in [-0.1, -0.05) is 0 Å². The van der Waals surface area contributed by atoms with Gasteiger partial charge in [-0.3, -0.25) is 4.79 Å². The van der Waals surface area contributed by atoms with Crippen molar-refractivity contribution in [2.45, 2.75) is 4.90 Å². The van der Waals surface area contributed by atoms with E-state index in [9.17, 15) is 4.79 Å². The summed E-state index contributed by atoms with van der Waals surface area (Å²) in [6.07, 6.45) is 0. The van der Waals surface area contributed by atoms with E-state index in [0.717, 1.165) is 4.90 Å². The lowest BCUT2D eigenvalue weighted by Crippen LogP contribution is -2.10. The van der Waals surface area contributed by atoms with Gasteiger partial charge in [0.15, 0.2) is 0 Å². The molecule has 1 aromatic carbocycles. The number of rotatable bonds is 4. The minimum atomic E-state index is -0.180. The molecule has 0 aliphatic carbocycles. The van der Waals surface area contributed by atoms with Crippen LogP contribution in [0.25, 0.3) is 0 Å². The van der Waals surface area contributed by atoms with Crippen molar-refractivity contribution < 1.29 is 14.3 Å². The highest BCUT2D eigenvalue weighted by atomic mass is 32.1. The van der Waals surface area contributed by atoms with E-state index in [1.807, 2.05) is 5.38 Å². The maximum absolute atomic E-state index is 12.0. The second-order valence-corrected chi connectivity index (χ2v) is 5.15. The normalized spacial score (nSPS) is 10.1. The Labute approximate surface area is 120 Å². The molecule has 1 amide bonds. The summed E-state index contributed by atoms with van der Waals surface area (Å²) in [5, 5.41) is 4.61. The lowest BCUT2D eigenvalue weighted by atomic mass is 10.2. The van der Waals surface area contributed by atoms with Gasteiger partial charge in [-0.2, -0.15) is 0 Å². The van der Waals surface area contributed by atoms with Crippen molar-refractivity contribution in [1.82, 2.24) is 0 Å². The molecule has 1 heterocycles. The van der Waals surface area contributed by atoms with Gasteiger partial charge < -0.3 is 14.8 Å². The maximum atomic E-state index is 12.0. The number of methoxy groups -OCH3 is 2. The highest BCUT2D eigenvalue weighted by Crippen LogP contribution is 2.27. The van der Waals surface area contributed by atoms with Crippen LogP contribution in [0.5, 0.6) is 11.5 Å². The fraction of sp³-hybridized carbons (Fsp3) is 0.154. The first-order valence-corrected chi connectivity index (χ1v) is 6.77. The molecule has 0 bridgehead atoms. The predicted octanol–water partition coefficient (Wildman–Crippen LogP) is 3.31. The third kappa shape index (κ3) is 3.42. The second-order valence-electron chi connectivity index (χ2n) is 3.72. The van der Waals surface area contributed by atoms with Crippen molar-refractivity contribution >= 4 is 35.6 Å². The van der Waals surface area contributed by atoms with Crippen LogP contribution in [0.2, 0.25) is 0 Å². The summed E-state index contributed by atoms with van der Waals surface area (Å²) in [7, 11) is 3.12. The summed E-state index contributed by atoms with van der Waals surface area (Å²) in [6.45, 7) is 0. The molecule has 1 aromatic heterocycles. The zero-order chi connectivity index (χ0) is 13.8. The molecule has 0 aliphatic heterocycles. The van der Waals surface area contributed by atoms with Crippen LogP contribution >= 0.6 is 24.0 Å². The van der Waals surface area contributed by atoms with E-state index in [2.05, 4.69) is 17.9 Å². The zero-order valence-electron chi connectivity index (χ0n) is 10.5. The van der Waals surface area contributed by atoms with E-state index >= 15 is 0 Å². The van der Waals surface area contributed by atoms with Crippen LogP contribution < -0.4 is 14.8 Å². The number of thiophene rings is 1. The summed E-state index contributed by atoms with van der Waals surface area (Å²) < 4.78 is 10.3. The topological polar surface area (TPSA) is 47.6 Å². The second kappa shape index (κ2) is 5.99. The quantitative estimate of drug-likeness (QED) is 0.851. The van der Waals surface area contributed by atoms with Crippen LogP contribution in [0.1, 0.15) is 9.67 Å². The molecule has 0 aliphatic rings. The Morgan fingerprint density at radius 3 is 2.26 bits per heavy atom. The van der Waals surface area contributed by atoms with Crippen LogP contribution in [0.4, 0.5) is 5.69 Å². The lowest BCUT2D eigenvalue weighted by Gasteiger charge is -2.09. The fourth-order valence-corrected chi connectivity index (χ4v) is 2.56. The van der Waals surface area contributed by atoms with Gasteiger partial charge in [-0.05, 0) is 6.07 Å². The number of benzene rings is 1. The third-order valence-corrected chi connectivity index (χ3v) is 3.78. The number of anilines is 1. The Morgan fingerprint density at radius 1 is 1.16 bits per heavy atom. The van der Waals surface area contributed by atoms with Gasteiger partial charge >= 0.3 is 0 Å². The van der Waals surface area contributed by atoms with Crippen molar-refractivity contribution in [2.75, 3.05) is 19.5 Å². The molecule has 4 nitrogen and oxygen atoms in total. The van der Waals surface area contributed by atoms with Gasteiger partial charge in [0.05, 0.1) is 19.1 Å². The number of hydrogen-bond acceptors (Lipinski definition) is 5. The monoisotopic (exact) mass is 295 g/mol. The Morgan fingerprint density at radius 2 is 1.79 bits per heavy atom. The molecule has 1 N–H and O–H groups in total. The van der Waals surface area contributed by atoms with E-state index in [4.69, 9.17) is 9.47 Å². The molecule has 100 valence electrons. The number of thiol groups is 1. The molecule has 0 saturated heterocycles. The smallest absolute Gasteiger partial charge is 0.265 e. The number of carbonyl (C=O) groups is 1. The van der Waals surface area contributed by atoms with Crippen LogP contribution in [0, 0.1) is 0 Å². The van der Waals surface area contributed by atoms with Crippen molar-refractivity contribution in [3.8, 4) is 11.5 Å². The SMILES string of the molecule is COc1cc(NC(=O)c2cc(S)cs2)cc(OC)c1. The lowest BCUT2D eigenvalue weighted by molar-refractivity contribution is 0.103. The molecule has 0 unspecified atom stereocenters. The summed E-state index contributed by atoms with van der Waals surface area (Å²) >= 11 is 5.53. The molecular formula is C13H13NO3S2. The molecule has 0 fully saturated rings. The van der Waals surface area contributed by atoms with Crippen LogP contribution in [-0.4, -0.2) is 20.1 Å². The molecule has 19 heavy (non-hydrogen) atoms. The van der Waals surface area contributed by atoms with Crippen LogP contribution in [-0.2, 0) is 0 Å². The van der Waals surface area contributed by atoms with E-state index in [1.54, 1.807) is 38.5 Å². The third-order valence-electron chi connectivity index (χ3n) is 2.42. The van der Waals surface area contributed by atoms with E-state index in [0.29, 0.717) is 22.1 Å². The summed E-state index contributed by atoms with van der Waals surface area (Å²) in [5.74, 6) is 1.06. The predicted molar refractivity (Wildman–Crippen MR) is 79.1 cm³/mol. The number of carbonyl (C=O) groups excluding carboxylic acids is 1. The van der Waals surface area contributed by atoms with Crippen molar-refractivity contribution in [1.29, 1.82) is 0 Å². The number of hydrogen-bond donors (Lipinski definition) is 2. The Balaban J connectivity index is 2.20. The van der Waals surface area contributed by atoms with Gasteiger partial charge in [0.1, 0.15) is 11.5 Å². The molecule has 6 heteroatoms. The standard InChI is InChI=1S/C13H13NO3S2/c1-16-9-3-8(4-10(5-9)17-2)14-13(15)12-6-11(18)7-19-12/h3-7,18H,1-2H3,(H,14,15). The minimum Gasteiger partial charge on any atom is -0.497 e. The maximum Gasteiger partial charge on any atom is 0.265 e. The molecular weight excluding hydrogens is 282 g/mol. The summed E-state index contributed by atoms with van der Waals surface area (Å²) in [5.41, 5.74) is 0.621. The molecule has 0 radical (unpaired) electrons. The van der Waals surface area contributed by atoms with Crippen molar-refractivity contribution in [3.05, 3.63) is 34.5 Å². The first-order valence-electron chi connectivity index (χ1n) is 5.44. The highest BCUT2D eigenvalue weighted by Gasteiger charge is 2.10. The zero-order valence-corrected chi connectivity index (χ0v) is 12.2. The average molecular weight is 295 g/mol. The van der Waals surface area contributed by atoms with Gasteiger partial charge in [0.25, 0.3) is 5.91 Å². The largest absolute Gasteiger partial charge is 0.497 e.